The Hall–Kier alpha value is -4.28. The largest absolute Gasteiger partial charge is 0.341 e. The number of allylic oxidation sites excluding steroid dienone is 3. The van der Waals surface area contributed by atoms with Crippen LogP contribution in [0.5, 0.6) is 0 Å². The molecule has 4 aromatic carbocycles. The molecule has 0 aliphatic carbocycles. The van der Waals surface area contributed by atoms with Crippen molar-refractivity contribution in [1.29, 1.82) is 0 Å². The average Bonchev–Trinajstić information content (AvgIpc) is 2.90. The average molecular weight is 426 g/mol. The minimum Gasteiger partial charge on any atom is -0.341 e. The lowest BCUT2D eigenvalue weighted by Crippen LogP contribution is -2.17. The van der Waals surface area contributed by atoms with Crippen LogP contribution in [0.25, 0.3) is 22.3 Å². The predicted molar refractivity (Wildman–Crippen MR) is 142 cm³/mol. The lowest BCUT2D eigenvalue weighted by Gasteiger charge is -2.25. The number of hydrogen-bond donors (Lipinski definition) is 0. The van der Waals surface area contributed by atoms with Gasteiger partial charge in [0.2, 0.25) is 0 Å². The fourth-order valence-electron chi connectivity index (χ4n) is 3.83. The second-order valence-corrected chi connectivity index (χ2v) is 7.72. The highest BCUT2D eigenvalue weighted by molar-refractivity contribution is 5.72. The Balaban J connectivity index is 1.58. The van der Waals surface area contributed by atoms with Gasteiger partial charge < -0.3 is 4.90 Å². The smallest absolute Gasteiger partial charge is 0.0411 e. The highest BCUT2D eigenvalue weighted by Gasteiger charge is 2.10. The summed E-state index contributed by atoms with van der Waals surface area (Å²) >= 11 is 0. The minimum absolute atomic E-state index is 0.871. The molecule has 160 valence electrons. The van der Waals surface area contributed by atoms with Crippen LogP contribution in [0.4, 0.5) is 11.4 Å². The van der Waals surface area contributed by atoms with Crippen LogP contribution in [0.15, 0.2) is 133 Å². The zero-order valence-corrected chi connectivity index (χ0v) is 18.6. The molecule has 0 heterocycles. The minimum atomic E-state index is 0.871. The van der Waals surface area contributed by atoms with Crippen LogP contribution in [0, 0.1) is 12.3 Å². The van der Waals surface area contributed by atoms with E-state index >= 15 is 0 Å². The molecule has 0 aliphatic rings. The summed E-state index contributed by atoms with van der Waals surface area (Å²) < 4.78 is 0. The van der Waals surface area contributed by atoms with Gasteiger partial charge in [-0.25, -0.2) is 0 Å². The van der Waals surface area contributed by atoms with E-state index < -0.39 is 0 Å². The first-order valence-electron chi connectivity index (χ1n) is 11.2. The van der Waals surface area contributed by atoms with Gasteiger partial charge in [0.25, 0.3) is 0 Å². The van der Waals surface area contributed by atoms with E-state index in [4.69, 9.17) is 6.42 Å². The molecule has 0 fully saturated rings. The Bertz CT molecular complexity index is 1140. The summed E-state index contributed by atoms with van der Waals surface area (Å²) in [6.07, 6.45) is 13.9. The third-order valence-electron chi connectivity index (χ3n) is 5.53. The Morgan fingerprint density at radius 3 is 1.48 bits per heavy atom. The molecule has 0 N–H and O–H groups in total. The SMILES string of the molecule is C#C/C=C\C=C/CCN(c1ccc(-c2ccccc2)cc1)c1ccc(-c2ccccc2)cc1. The summed E-state index contributed by atoms with van der Waals surface area (Å²) in [5.41, 5.74) is 7.25. The number of terminal acetylenes is 1. The van der Waals surface area contributed by atoms with Gasteiger partial charge in [0.1, 0.15) is 0 Å². The van der Waals surface area contributed by atoms with Gasteiger partial charge in [0.05, 0.1) is 0 Å². The summed E-state index contributed by atoms with van der Waals surface area (Å²) in [5.74, 6) is 2.51. The van der Waals surface area contributed by atoms with Crippen molar-refractivity contribution in [3.8, 4) is 34.6 Å². The monoisotopic (exact) mass is 425 g/mol. The molecule has 4 aromatic rings. The Labute approximate surface area is 197 Å². The molecule has 1 heteroatoms. The quantitative estimate of drug-likeness (QED) is 0.203. The maximum atomic E-state index is 5.27. The molecule has 4 rings (SSSR count). The maximum absolute atomic E-state index is 5.27. The maximum Gasteiger partial charge on any atom is 0.0411 e. The van der Waals surface area contributed by atoms with E-state index in [0.29, 0.717) is 0 Å². The van der Waals surface area contributed by atoms with Crippen LogP contribution in [0.2, 0.25) is 0 Å². The molecular formula is C32H27N. The second kappa shape index (κ2) is 11.4. The highest BCUT2D eigenvalue weighted by atomic mass is 15.1. The highest BCUT2D eigenvalue weighted by Crippen LogP contribution is 2.30. The number of nitrogens with zero attached hydrogens (tertiary/aromatic N) is 1. The first-order valence-corrected chi connectivity index (χ1v) is 11.2. The van der Waals surface area contributed by atoms with Crippen molar-refractivity contribution in [2.75, 3.05) is 11.4 Å². The molecule has 0 atom stereocenters. The van der Waals surface area contributed by atoms with Crippen molar-refractivity contribution in [2.24, 2.45) is 0 Å². The van der Waals surface area contributed by atoms with Crippen LogP contribution in [0.1, 0.15) is 6.42 Å². The Kier molecular flexibility index (Phi) is 7.56. The van der Waals surface area contributed by atoms with E-state index in [0.717, 1.165) is 13.0 Å². The molecule has 0 radical (unpaired) electrons. The van der Waals surface area contributed by atoms with Crippen molar-refractivity contribution in [2.45, 2.75) is 6.42 Å². The fourth-order valence-corrected chi connectivity index (χ4v) is 3.83. The van der Waals surface area contributed by atoms with Crippen LogP contribution in [-0.4, -0.2) is 6.54 Å². The van der Waals surface area contributed by atoms with E-state index in [1.54, 1.807) is 6.08 Å². The van der Waals surface area contributed by atoms with Gasteiger partial charge >= 0.3 is 0 Å². The molecule has 0 saturated carbocycles. The molecule has 0 aliphatic heterocycles. The summed E-state index contributed by atoms with van der Waals surface area (Å²) in [4.78, 5) is 2.36. The number of hydrogen-bond acceptors (Lipinski definition) is 1. The normalized spacial score (nSPS) is 11.0. The predicted octanol–water partition coefficient (Wildman–Crippen LogP) is 8.29. The number of rotatable bonds is 8. The van der Waals surface area contributed by atoms with Crippen LogP contribution in [-0.2, 0) is 0 Å². The Morgan fingerprint density at radius 1 is 0.576 bits per heavy atom. The lowest BCUT2D eigenvalue weighted by atomic mass is 10.0. The summed E-state index contributed by atoms with van der Waals surface area (Å²) in [7, 11) is 0. The van der Waals surface area contributed by atoms with Crippen molar-refractivity contribution in [3.63, 3.8) is 0 Å². The third-order valence-corrected chi connectivity index (χ3v) is 5.53. The standard InChI is InChI=1S/C32H27N/c1-2-3-4-5-6-13-26-33(31-22-18-29(19-23-31)27-14-9-7-10-15-27)32-24-20-30(21-25-32)28-16-11-8-12-17-28/h1,3-12,14-25H,13,26H2/b4-3-,6-5-. The molecule has 1 nitrogen and oxygen atoms in total. The van der Waals surface area contributed by atoms with Gasteiger partial charge in [0.15, 0.2) is 0 Å². The molecule has 33 heavy (non-hydrogen) atoms. The zero-order valence-electron chi connectivity index (χ0n) is 18.6. The van der Waals surface area contributed by atoms with E-state index in [1.807, 2.05) is 24.3 Å². The van der Waals surface area contributed by atoms with Crippen LogP contribution in [0.3, 0.4) is 0 Å². The zero-order chi connectivity index (χ0) is 22.7. The van der Waals surface area contributed by atoms with Crippen LogP contribution < -0.4 is 4.90 Å². The first kappa shape index (κ1) is 21.9. The molecule has 0 aromatic heterocycles. The van der Waals surface area contributed by atoms with Gasteiger partial charge in [-0.05, 0) is 59.0 Å². The third kappa shape index (κ3) is 5.91. The van der Waals surface area contributed by atoms with E-state index in [1.165, 1.54) is 33.6 Å². The topological polar surface area (TPSA) is 3.24 Å². The van der Waals surface area contributed by atoms with Crippen molar-refractivity contribution in [1.82, 2.24) is 0 Å². The summed E-state index contributed by atoms with van der Waals surface area (Å²) in [6, 6.07) is 38.6. The van der Waals surface area contributed by atoms with Crippen LogP contribution >= 0.6 is 0 Å². The fraction of sp³-hybridized carbons (Fsp3) is 0.0625. The van der Waals surface area contributed by atoms with Gasteiger partial charge in [-0.1, -0.05) is 109 Å². The summed E-state index contributed by atoms with van der Waals surface area (Å²) in [5, 5.41) is 0. The molecule has 0 amide bonds. The van der Waals surface area contributed by atoms with E-state index in [-0.39, 0.29) is 0 Å². The van der Waals surface area contributed by atoms with Gasteiger partial charge in [-0.3, -0.25) is 0 Å². The molecule has 0 unspecified atom stereocenters. The van der Waals surface area contributed by atoms with Gasteiger partial charge in [0, 0.05) is 17.9 Å². The molecular weight excluding hydrogens is 398 g/mol. The van der Waals surface area contributed by atoms with Gasteiger partial charge in [-0.2, -0.15) is 0 Å². The summed E-state index contributed by atoms with van der Waals surface area (Å²) in [6.45, 7) is 0.871. The Morgan fingerprint density at radius 2 is 1.03 bits per heavy atom. The second-order valence-electron chi connectivity index (χ2n) is 7.72. The van der Waals surface area contributed by atoms with E-state index in [9.17, 15) is 0 Å². The number of benzene rings is 4. The number of anilines is 2. The van der Waals surface area contributed by atoms with Crippen molar-refractivity contribution in [3.05, 3.63) is 133 Å². The molecule has 0 spiro atoms. The van der Waals surface area contributed by atoms with Crippen molar-refractivity contribution >= 4 is 11.4 Å². The lowest BCUT2D eigenvalue weighted by molar-refractivity contribution is 0.941. The van der Waals surface area contributed by atoms with E-state index in [2.05, 4.69) is 114 Å². The van der Waals surface area contributed by atoms with Crippen molar-refractivity contribution < 1.29 is 0 Å². The van der Waals surface area contributed by atoms with Gasteiger partial charge in [-0.15, -0.1) is 6.42 Å². The first-order chi connectivity index (χ1) is 16.3. The molecule has 0 bridgehead atoms. The molecule has 0 saturated heterocycles.